The van der Waals surface area contributed by atoms with Gasteiger partial charge in [-0.05, 0) is 96.1 Å². The summed E-state index contributed by atoms with van der Waals surface area (Å²) in [5.41, 5.74) is 16.0. The number of nitrogens with zero attached hydrogens (tertiary/aromatic N) is 2. The third-order valence-electron chi connectivity index (χ3n) is 10.3. The maximum atomic E-state index is 5.03. The van der Waals surface area contributed by atoms with Crippen LogP contribution in [0.5, 0.6) is 0 Å². The quantitative estimate of drug-likeness (QED) is 0.186. The zero-order valence-corrected chi connectivity index (χ0v) is 27.2. The molecule has 0 unspecified atom stereocenters. The molecule has 2 heteroatoms. The maximum absolute atomic E-state index is 5.03. The highest BCUT2D eigenvalue weighted by molar-refractivity contribution is 6.23. The van der Waals surface area contributed by atoms with Gasteiger partial charge < -0.3 is 0 Å². The second-order valence-corrected chi connectivity index (χ2v) is 12.9. The number of fused-ring (bicyclic) bond motifs is 5. The minimum Gasteiger partial charge on any atom is -0.296 e. The van der Waals surface area contributed by atoms with Crippen molar-refractivity contribution >= 4 is 32.6 Å². The molecule has 0 bridgehead atoms. The average molecular weight is 625 g/mol. The Morgan fingerprint density at radius 2 is 1.12 bits per heavy atom. The van der Waals surface area contributed by atoms with E-state index < -0.39 is 0 Å². The molecule has 0 amide bonds. The van der Waals surface area contributed by atoms with Gasteiger partial charge in [-0.25, -0.2) is 4.98 Å². The van der Waals surface area contributed by atoms with E-state index in [1.807, 2.05) is 0 Å². The van der Waals surface area contributed by atoms with E-state index in [1.165, 1.54) is 77.2 Å². The van der Waals surface area contributed by atoms with E-state index in [1.54, 1.807) is 0 Å². The second-order valence-electron chi connectivity index (χ2n) is 12.9. The Labute approximate surface area is 285 Å². The van der Waals surface area contributed by atoms with Crippen molar-refractivity contribution in [3.8, 4) is 61.3 Å². The molecular formula is C47H32N2. The normalized spacial score (nSPS) is 11.9. The van der Waals surface area contributed by atoms with Crippen molar-refractivity contribution in [3.63, 3.8) is 0 Å². The summed E-state index contributed by atoms with van der Waals surface area (Å²) in [5.74, 6) is 1.07. The van der Waals surface area contributed by atoms with Gasteiger partial charge in [0.15, 0.2) is 0 Å². The fourth-order valence-electron chi connectivity index (χ4n) is 8.25. The van der Waals surface area contributed by atoms with Gasteiger partial charge in [0.1, 0.15) is 5.82 Å². The van der Waals surface area contributed by atoms with Crippen LogP contribution >= 0.6 is 0 Å². The lowest BCUT2D eigenvalue weighted by Gasteiger charge is -2.22. The number of rotatable bonds is 5. The van der Waals surface area contributed by atoms with Gasteiger partial charge in [-0.2, -0.15) is 0 Å². The van der Waals surface area contributed by atoms with Crippen LogP contribution in [0.2, 0.25) is 0 Å². The molecule has 0 fully saturated rings. The predicted molar refractivity (Wildman–Crippen MR) is 206 cm³/mol. The van der Waals surface area contributed by atoms with Crippen LogP contribution < -0.4 is 0 Å². The lowest BCUT2D eigenvalue weighted by atomic mass is 9.81. The van der Waals surface area contributed by atoms with Gasteiger partial charge in [-0.3, -0.25) is 4.57 Å². The van der Waals surface area contributed by atoms with Gasteiger partial charge >= 0.3 is 0 Å². The van der Waals surface area contributed by atoms with Crippen LogP contribution in [0.25, 0.3) is 93.9 Å². The molecule has 1 aromatic heterocycles. The van der Waals surface area contributed by atoms with Crippen molar-refractivity contribution in [3.05, 3.63) is 170 Å². The van der Waals surface area contributed by atoms with E-state index in [0.717, 1.165) is 29.0 Å². The van der Waals surface area contributed by atoms with Crippen LogP contribution in [0, 0.1) is 0 Å². The first-order valence-electron chi connectivity index (χ1n) is 17.1. The molecular weight excluding hydrogens is 593 g/mol. The highest BCUT2D eigenvalue weighted by atomic mass is 15.1. The summed E-state index contributed by atoms with van der Waals surface area (Å²) in [6, 6.07) is 59.9. The SMILES string of the molecule is CCc1nc2ccccc2n1-c1ccc(-c2cc(-c3ccccc3)c3c(c2-c2ccccc2)-c2cccc4cccc-3c24)c2ccccc12. The molecule has 1 heterocycles. The van der Waals surface area contributed by atoms with Gasteiger partial charge in [0.05, 0.1) is 16.7 Å². The number of aryl methyl sites for hydroxylation is 1. The van der Waals surface area contributed by atoms with E-state index in [2.05, 4.69) is 175 Å². The van der Waals surface area contributed by atoms with Gasteiger partial charge in [-0.1, -0.05) is 146 Å². The minimum absolute atomic E-state index is 0.847. The molecule has 1 aliphatic carbocycles. The summed E-state index contributed by atoms with van der Waals surface area (Å²) in [5, 5.41) is 5.05. The van der Waals surface area contributed by atoms with Crippen molar-refractivity contribution in [2.45, 2.75) is 13.3 Å². The second kappa shape index (κ2) is 10.9. The zero-order chi connectivity index (χ0) is 32.5. The largest absolute Gasteiger partial charge is 0.296 e. The van der Waals surface area contributed by atoms with E-state index >= 15 is 0 Å². The fourth-order valence-corrected chi connectivity index (χ4v) is 8.25. The third-order valence-corrected chi connectivity index (χ3v) is 10.3. The van der Waals surface area contributed by atoms with Gasteiger partial charge in [-0.15, -0.1) is 0 Å². The molecule has 0 radical (unpaired) electrons. The molecule has 230 valence electrons. The Bertz CT molecular complexity index is 2730. The molecule has 0 saturated carbocycles. The Morgan fingerprint density at radius 1 is 0.469 bits per heavy atom. The Balaban J connectivity index is 1.35. The summed E-state index contributed by atoms with van der Waals surface area (Å²) in [6.45, 7) is 2.19. The Kier molecular flexibility index (Phi) is 6.19. The van der Waals surface area contributed by atoms with Crippen molar-refractivity contribution < 1.29 is 0 Å². The first kappa shape index (κ1) is 27.8. The molecule has 0 atom stereocenters. The van der Waals surface area contributed by atoms with Crippen LogP contribution in [0.3, 0.4) is 0 Å². The number of aromatic nitrogens is 2. The van der Waals surface area contributed by atoms with Gasteiger partial charge in [0.25, 0.3) is 0 Å². The van der Waals surface area contributed by atoms with Crippen LogP contribution in [-0.4, -0.2) is 9.55 Å². The van der Waals surface area contributed by atoms with E-state index in [-0.39, 0.29) is 0 Å². The molecule has 10 rings (SSSR count). The standard InChI is InChI=1S/C47H32N2/c1-2-43-48-40-25-11-12-26-42(40)49(43)41-28-27-34(33-21-9-10-22-35(33)41)39-29-38(30-15-5-3-6-16-30)46-36-23-13-19-31-20-14-24-37(44(31)36)47(46)45(39)32-17-7-4-8-18-32/h3-29H,2H2,1H3. The number of para-hydroxylation sites is 2. The number of hydrogen-bond acceptors (Lipinski definition) is 1. The fraction of sp³-hybridized carbons (Fsp3) is 0.0426. The first-order chi connectivity index (χ1) is 24.3. The smallest absolute Gasteiger partial charge is 0.114 e. The maximum Gasteiger partial charge on any atom is 0.114 e. The number of imidazole rings is 1. The molecule has 0 spiro atoms. The Morgan fingerprint density at radius 3 is 1.88 bits per heavy atom. The summed E-state index contributed by atoms with van der Waals surface area (Å²) < 4.78 is 2.36. The summed E-state index contributed by atoms with van der Waals surface area (Å²) in [7, 11) is 0. The van der Waals surface area contributed by atoms with Crippen LogP contribution in [0.15, 0.2) is 164 Å². The Hall–Kier alpha value is -6.25. The summed E-state index contributed by atoms with van der Waals surface area (Å²) in [6.07, 6.45) is 0.847. The van der Waals surface area contributed by atoms with Crippen molar-refractivity contribution in [2.24, 2.45) is 0 Å². The van der Waals surface area contributed by atoms with Crippen LogP contribution in [0.1, 0.15) is 12.7 Å². The molecule has 0 aliphatic heterocycles. The average Bonchev–Trinajstić information content (AvgIpc) is 3.72. The number of benzene rings is 8. The van der Waals surface area contributed by atoms with E-state index in [4.69, 9.17) is 4.98 Å². The third kappa shape index (κ3) is 4.11. The van der Waals surface area contributed by atoms with E-state index in [0.29, 0.717) is 0 Å². The first-order valence-corrected chi connectivity index (χ1v) is 17.1. The molecule has 0 saturated heterocycles. The highest BCUT2D eigenvalue weighted by Gasteiger charge is 2.30. The van der Waals surface area contributed by atoms with Gasteiger partial charge in [0, 0.05) is 11.8 Å². The monoisotopic (exact) mass is 624 g/mol. The van der Waals surface area contributed by atoms with Crippen LogP contribution in [0.4, 0.5) is 0 Å². The zero-order valence-electron chi connectivity index (χ0n) is 27.2. The lowest BCUT2D eigenvalue weighted by Crippen LogP contribution is -2.02. The predicted octanol–water partition coefficient (Wildman–Crippen LogP) is 12.5. The minimum atomic E-state index is 0.847. The van der Waals surface area contributed by atoms with Crippen molar-refractivity contribution in [1.29, 1.82) is 0 Å². The highest BCUT2D eigenvalue weighted by Crippen LogP contribution is 2.57. The molecule has 49 heavy (non-hydrogen) atoms. The lowest BCUT2D eigenvalue weighted by molar-refractivity contribution is 0.913. The molecule has 2 nitrogen and oxygen atoms in total. The summed E-state index contributed by atoms with van der Waals surface area (Å²) in [4.78, 5) is 5.03. The van der Waals surface area contributed by atoms with E-state index in [9.17, 15) is 0 Å². The summed E-state index contributed by atoms with van der Waals surface area (Å²) >= 11 is 0. The van der Waals surface area contributed by atoms with Crippen molar-refractivity contribution in [2.75, 3.05) is 0 Å². The molecule has 1 aliphatic rings. The molecule has 8 aromatic carbocycles. The molecule has 9 aromatic rings. The number of hydrogen-bond donors (Lipinski definition) is 0. The molecule has 0 N–H and O–H groups in total. The van der Waals surface area contributed by atoms with Crippen molar-refractivity contribution in [1.82, 2.24) is 9.55 Å². The van der Waals surface area contributed by atoms with Gasteiger partial charge in [0.2, 0.25) is 0 Å². The van der Waals surface area contributed by atoms with Crippen LogP contribution in [-0.2, 0) is 6.42 Å². The topological polar surface area (TPSA) is 17.8 Å².